The minimum atomic E-state index is 0.364. The van der Waals surface area contributed by atoms with Crippen LogP contribution in [0.15, 0.2) is 30.8 Å². The fourth-order valence-electron chi connectivity index (χ4n) is 1.43. The summed E-state index contributed by atoms with van der Waals surface area (Å²) in [5, 5.41) is 3.13. The van der Waals surface area contributed by atoms with Crippen LogP contribution in [0.1, 0.15) is 11.1 Å². The van der Waals surface area contributed by atoms with Gasteiger partial charge in [0.05, 0.1) is 0 Å². The summed E-state index contributed by atoms with van der Waals surface area (Å²) in [6.45, 7) is 4.36. The molecule has 1 aromatic heterocycles. The van der Waals surface area contributed by atoms with Gasteiger partial charge in [-0.05, 0) is 35.6 Å². The van der Waals surface area contributed by atoms with E-state index >= 15 is 0 Å². The van der Waals surface area contributed by atoms with Crippen LogP contribution >= 0.6 is 24.4 Å². The molecule has 0 saturated carbocycles. The van der Waals surface area contributed by atoms with Crippen molar-refractivity contribution in [2.75, 3.05) is 5.32 Å². The van der Waals surface area contributed by atoms with Crippen LogP contribution in [-0.4, -0.2) is 15.0 Å². The van der Waals surface area contributed by atoms with Gasteiger partial charge in [-0.25, -0.2) is 0 Å². The highest BCUT2D eigenvalue weighted by Crippen LogP contribution is 2.07. The molecule has 0 saturated heterocycles. The van der Waals surface area contributed by atoms with Crippen molar-refractivity contribution in [1.29, 1.82) is 0 Å². The lowest BCUT2D eigenvalue weighted by Crippen LogP contribution is -2.04. The summed E-state index contributed by atoms with van der Waals surface area (Å²) in [4.78, 5) is 9.72. The zero-order valence-electron chi connectivity index (χ0n) is 9.56. The standard InChI is InChI=1S/C12H12N4S2/c1-2-8-3-5-9(6-4-8)7-13-10-14-11(17)16-12(18)15-10/h2-6H,1,7H2,(H3,13,14,15,16,17,18). The summed E-state index contributed by atoms with van der Waals surface area (Å²) >= 11 is 9.93. The summed E-state index contributed by atoms with van der Waals surface area (Å²) in [7, 11) is 0. The van der Waals surface area contributed by atoms with Crippen molar-refractivity contribution in [3.8, 4) is 0 Å². The van der Waals surface area contributed by atoms with E-state index in [0.29, 0.717) is 22.0 Å². The number of benzene rings is 1. The number of nitrogens with one attached hydrogen (secondary N) is 3. The Hall–Kier alpha value is -1.79. The molecule has 0 fully saturated rings. The molecule has 92 valence electrons. The van der Waals surface area contributed by atoms with Crippen molar-refractivity contribution in [1.82, 2.24) is 15.0 Å². The third-order valence-electron chi connectivity index (χ3n) is 2.34. The molecule has 18 heavy (non-hydrogen) atoms. The topological polar surface area (TPSA) is 56.5 Å². The summed E-state index contributed by atoms with van der Waals surface area (Å²) in [6, 6.07) is 8.08. The molecule has 0 radical (unpaired) electrons. The molecule has 1 aromatic carbocycles. The van der Waals surface area contributed by atoms with E-state index in [1.807, 2.05) is 30.3 Å². The Morgan fingerprint density at radius 1 is 1.22 bits per heavy atom. The molecule has 4 nitrogen and oxygen atoms in total. The maximum atomic E-state index is 4.98. The van der Waals surface area contributed by atoms with Crippen LogP contribution in [0.3, 0.4) is 0 Å². The molecule has 0 atom stereocenters. The second kappa shape index (κ2) is 5.70. The molecule has 2 aromatic rings. The van der Waals surface area contributed by atoms with Crippen LogP contribution in [0.4, 0.5) is 5.95 Å². The van der Waals surface area contributed by atoms with Gasteiger partial charge in [0, 0.05) is 6.54 Å². The number of aromatic amines is 2. The van der Waals surface area contributed by atoms with Gasteiger partial charge >= 0.3 is 0 Å². The average molecular weight is 276 g/mol. The van der Waals surface area contributed by atoms with Gasteiger partial charge in [-0.15, -0.1) is 0 Å². The molecule has 6 heteroatoms. The van der Waals surface area contributed by atoms with Gasteiger partial charge in [0.2, 0.25) is 10.7 Å². The Balaban J connectivity index is 2.08. The van der Waals surface area contributed by atoms with Crippen molar-refractivity contribution in [3.05, 3.63) is 51.5 Å². The molecule has 0 aliphatic rings. The first kappa shape index (κ1) is 12.7. The monoisotopic (exact) mass is 276 g/mol. The summed E-state index contributed by atoms with van der Waals surface area (Å²) in [5.41, 5.74) is 2.24. The van der Waals surface area contributed by atoms with Crippen LogP contribution < -0.4 is 5.32 Å². The number of rotatable bonds is 4. The lowest BCUT2D eigenvalue weighted by Gasteiger charge is -2.05. The minimum Gasteiger partial charge on any atom is -0.352 e. The van der Waals surface area contributed by atoms with Gasteiger partial charge in [0.1, 0.15) is 0 Å². The Labute approximate surface area is 115 Å². The predicted molar refractivity (Wildman–Crippen MR) is 78.5 cm³/mol. The third kappa shape index (κ3) is 3.35. The fraction of sp³-hybridized carbons (Fsp3) is 0.0833. The van der Waals surface area contributed by atoms with Crippen molar-refractivity contribution in [2.24, 2.45) is 0 Å². The molecule has 2 rings (SSSR count). The van der Waals surface area contributed by atoms with E-state index in [1.165, 1.54) is 0 Å². The first-order valence-electron chi connectivity index (χ1n) is 5.33. The highest BCUT2D eigenvalue weighted by atomic mass is 32.1. The first-order chi connectivity index (χ1) is 8.67. The van der Waals surface area contributed by atoms with Gasteiger partial charge in [0.25, 0.3) is 0 Å². The zero-order chi connectivity index (χ0) is 13.0. The Morgan fingerprint density at radius 2 is 1.94 bits per heavy atom. The van der Waals surface area contributed by atoms with Crippen molar-refractivity contribution >= 4 is 36.5 Å². The number of anilines is 1. The van der Waals surface area contributed by atoms with E-state index in [1.54, 1.807) is 0 Å². The van der Waals surface area contributed by atoms with E-state index in [2.05, 4.69) is 26.8 Å². The van der Waals surface area contributed by atoms with Crippen LogP contribution in [0.25, 0.3) is 6.08 Å². The van der Waals surface area contributed by atoms with Gasteiger partial charge in [-0.1, -0.05) is 36.9 Å². The van der Waals surface area contributed by atoms with E-state index in [-0.39, 0.29) is 0 Å². The minimum absolute atomic E-state index is 0.364. The first-order valence-corrected chi connectivity index (χ1v) is 6.15. The van der Waals surface area contributed by atoms with Gasteiger partial charge in [-0.3, -0.25) is 0 Å². The molecule has 0 aliphatic carbocycles. The smallest absolute Gasteiger partial charge is 0.205 e. The second-order valence-corrected chi connectivity index (χ2v) is 4.44. The van der Waals surface area contributed by atoms with Gasteiger partial charge in [0.15, 0.2) is 4.77 Å². The molecule has 3 N–H and O–H groups in total. The van der Waals surface area contributed by atoms with E-state index in [0.717, 1.165) is 11.1 Å². The van der Waals surface area contributed by atoms with Crippen molar-refractivity contribution in [3.63, 3.8) is 0 Å². The van der Waals surface area contributed by atoms with Crippen LogP contribution in [0.2, 0.25) is 0 Å². The number of H-pyrrole nitrogens is 2. The zero-order valence-corrected chi connectivity index (χ0v) is 11.2. The third-order valence-corrected chi connectivity index (χ3v) is 2.74. The second-order valence-electron chi connectivity index (χ2n) is 3.64. The SMILES string of the molecule is C=Cc1ccc(CNc2nc(=S)[nH]c(=S)[nH]2)cc1. The largest absolute Gasteiger partial charge is 0.352 e. The lowest BCUT2D eigenvalue weighted by atomic mass is 10.1. The fourth-order valence-corrected chi connectivity index (χ4v) is 1.89. The number of aromatic nitrogens is 3. The van der Waals surface area contributed by atoms with E-state index in [9.17, 15) is 0 Å². The van der Waals surface area contributed by atoms with Gasteiger partial charge < -0.3 is 15.3 Å². The van der Waals surface area contributed by atoms with Crippen LogP contribution in [-0.2, 0) is 6.54 Å². The normalized spacial score (nSPS) is 10.0. The van der Waals surface area contributed by atoms with Crippen molar-refractivity contribution < 1.29 is 0 Å². The number of hydrogen-bond acceptors (Lipinski definition) is 4. The maximum absolute atomic E-state index is 4.98. The highest BCUT2D eigenvalue weighted by molar-refractivity contribution is 7.71. The molecular formula is C12H12N4S2. The molecular weight excluding hydrogens is 264 g/mol. The maximum Gasteiger partial charge on any atom is 0.205 e. The Morgan fingerprint density at radius 3 is 2.56 bits per heavy atom. The lowest BCUT2D eigenvalue weighted by molar-refractivity contribution is 0.972. The number of nitrogens with zero attached hydrogens (tertiary/aromatic N) is 1. The number of hydrogen-bond donors (Lipinski definition) is 3. The van der Waals surface area contributed by atoms with Crippen LogP contribution in [0, 0.1) is 9.54 Å². The molecule has 1 heterocycles. The molecule has 0 aliphatic heterocycles. The molecule has 0 spiro atoms. The van der Waals surface area contributed by atoms with Gasteiger partial charge in [-0.2, -0.15) is 4.98 Å². The quantitative estimate of drug-likeness (QED) is 0.749. The van der Waals surface area contributed by atoms with E-state index < -0.39 is 0 Å². The molecule has 0 unspecified atom stereocenters. The van der Waals surface area contributed by atoms with Crippen LogP contribution in [0.5, 0.6) is 0 Å². The predicted octanol–water partition coefficient (Wildman–Crippen LogP) is 3.45. The Kier molecular flexibility index (Phi) is 4.01. The molecule has 0 bridgehead atoms. The highest BCUT2D eigenvalue weighted by Gasteiger charge is 1.96. The average Bonchev–Trinajstić information content (AvgIpc) is 2.36. The summed E-state index contributed by atoms with van der Waals surface area (Å²) < 4.78 is 0.822. The summed E-state index contributed by atoms with van der Waals surface area (Å²) in [6.07, 6.45) is 1.81. The Bertz CT molecular complexity index is 627. The summed E-state index contributed by atoms with van der Waals surface area (Å²) in [5.74, 6) is 0.566. The van der Waals surface area contributed by atoms with Crippen molar-refractivity contribution in [2.45, 2.75) is 6.54 Å². The molecule has 0 amide bonds. The van der Waals surface area contributed by atoms with E-state index in [4.69, 9.17) is 24.4 Å².